The predicted octanol–water partition coefficient (Wildman–Crippen LogP) is 5.33. The minimum Gasteiger partial charge on any atom is -0.459 e. The second-order valence-corrected chi connectivity index (χ2v) is 25.6. The number of cyclic esters (lactones) is 1. The van der Waals surface area contributed by atoms with Gasteiger partial charge in [-0.15, -0.1) is 5.10 Å². The van der Waals surface area contributed by atoms with Gasteiger partial charge in [-0.1, -0.05) is 57.9 Å². The topological polar surface area (TPSA) is 228 Å². The van der Waals surface area contributed by atoms with Gasteiger partial charge in [-0.25, -0.2) is 9.07 Å². The van der Waals surface area contributed by atoms with Crippen LogP contribution >= 0.6 is 0 Å². The van der Waals surface area contributed by atoms with Crippen LogP contribution in [0, 0.1) is 23.7 Å². The van der Waals surface area contributed by atoms with Crippen molar-refractivity contribution in [1.29, 1.82) is 0 Å². The molecular formula is C56H94FN5O13S. The molecule has 3 aliphatic heterocycles. The average Bonchev–Trinajstić information content (AvgIpc) is 4.10. The summed E-state index contributed by atoms with van der Waals surface area (Å²) in [5.74, 6) is -3.27. The molecule has 1 aromatic heterocycles. The molecule has 2 unspecified atom stereocenters. The van der Waals surface area contributed by atoms with Gasteiger partial charge in [0, 0.05) is 74.5 Å². The molecule has 6 rings (SSSR count). The number of aromatic nitrogens is 3. The molecule has 21 atom stereocenters. The molecule has 434 valence electrons. The first-order valence-electron chi connectivity index (χ1n) is 27.8. The predicted molar refractivity (Wildman–Crippen MR) is 285 cm³/mol. The highest BCUT2D eigenvalue weighted by Crippen LogP contribution is 2.45. The van der Waals surface area contributed by atoms with Crippen LogP contribution in [-0.4, -0.2) is 198 Å². The lowest BCUT2D eigenvalue weighted by Gasteiger charge is -2.51. The van der Waals surface area contributed by atoms with Crippen molar-refractivity contribution in [3.05, 3.63) is 41.7 Å². The van der Waals surface area contributed by atoms with E-state index in [1.54, 1.807) is 47.7 Å². The summed E-state index contributed by atoms with van der Waals surface area (Å²) >= 11 is 0. The highest BCUT2D eigenvalue weighted by molar-refractivity contribution is 7.85. The van der Waals surface area contributed by atoms with Crippen LogP contribution in [0.25, 0.3) is 0 Å². The molecule has 3 saturated heterocycles. The van der Waals surface area contributed by atoms with Crippen molar-refractivity contribution in [2.45, 2.75) is 233 Å². The van der Waals surface area contributed by atoms with Crippen molar-refractivity contribution in [2.24, 2.45) is 23.7 Å². The van der Waals surface area contributed by atoms with Gasteiger partial charge >= 0.3 is 5.97 Å². The monoisotopic (exact) mass is 1100 g/mol. The summed E-state index contributed by atoms with van der Waals surface area (Å²) in [6, 6.07) is 5.50. The normalized spacial score (nSPS) is 40.3. The standard InChI is InChI=1S/C56H94FN5O13S/c1-15-45-56(10,68)49(64)36(6)61(12)30-32(2)27-54(8,67)51(34(4)46(35(5)52(66)74-45)44-28-55(9,71-14)50(65)37(7)73-44)75-53-47(63)42(26-33(3)72-53)60(11)25-24-39-31-62(59-58-39)43(29-57)48(70-13)38-20-22-41(23-21-38)76(69)40-18-16-17-19-40/h20-23,31-37,40,42-51,53,63-65,67-68H,15-19,24-30H2,1-14H3/t32-,33-,34+,35-,36-,37+,42+,43-,44-,45-,46?,47-,48-,49-,50+,51-,53+,54-,55-,56-,76?/m1/s1. The Morgan fingerprint density at radius 1 is 0.974 bits per heavy atom. The van der Waals surface area contributed by atoms with E-state index in [9.17, 15) is 38.9 Å². The number of likely N-dealkylation sites (N-methyl/N-ethyl adjacent to an activating group) is 2. The molecule has 76 heavy (non-hydrogen) atoms. The number of esters is 1. The summed E-state index contributed by atoms with van der Waals surface area (Å²) < 4.78 is 67.7. The van der Waals surface area contributed by atoms with Crippen molar-refractivity contribution in [1.82, 2.24) is 24.8 Å². The first-order valence-corrected chi connectivity index (χ1v) is 29.1. The number of nitrogens with zero attached hydrogens (tertiary/aromatic N) is 5. The zero-order valence-electron chi connectivity index (χ0n) is 47.8. The van der Waals surface area contributed by atoms with E-state index < -0.39 is 137 Å². The van der Waals surface area contributed by atoms with Crippen molar-refractivity contribution < 1.29 is 67.3 Å². The highest BCUT2D eigenvalue weighted by atomic mass is 32.2. The number of aliphatic hydroxyl groups is 5. The van der Waals surface area contributed by atoms with Crippen LogP contribution in [0.15, 0.2) is 35.4 Å². The molecular weight excluding hydrogens is 1000 g/mol. The summed E-state index contributed by atoms with van der Waals surface area (Å²) in [6.45, 7) is 17.9. The number of carbonyl (C=O) groups is 1. The lowest BCUT2D eigenvalue weighted by Crippen LogP contribution is -2.62. The number of hydrogen-bond donors (Lipinski definition) is 5. The van der Waals surface area contributed by atoms with E-state index in [1.807, 2.05) is 68.9 Å². The van der Waals surface area contributed by atoms with Gasteiger partial charge in [0.15, 0.2) is 6.29 Å². The molecule has 2 aromatic rings. The zero-order valence-corrected chi connectivity index (χ0v) is 48.6. The van der Waals surface area contributed by atoms with E-state index in [0.717, 1.165) is 36.1 Å². The van der Waals surface area contributed by atoms with E-state index in [2.05, 4.69) is 10.3 Å². The molecule has 0 bridgehead atoms. The van der Waals surface area contributed by atoms with Crippen LogP contribution in [0.1, 0.15) is 144 Å². The van der Waals surface area contributed by atoms with Gasteiger partial charge in [0.1, 0.15) is 48.8 Å². The molecule has 20 heteroatoms. The molecule has 1 aromatic carbocycles. The fourth-order valence-corrected chi connectivity index (χ4v) is 14.7. The molecule has 18 nitrogen and oxygen atoms in total. The molecule has 4 heterocycles. The van der Waals surface area contributed by atoms with E-state index in [4.69, 9.17) is 28.4 Å². The molecule has 0 amide bonds. The Morgan fingerprint density at radius 2 is 1.63 bits per heavy atom. The Hall–Kier alpha value is -2.57. The fraction of sp³-hybridized carbons (Fsp3) is 0.839. The Balaban J connectivity index is 1.25. The quantitative estimate of drug-likeness (QED) is 0.134. The molecule has 0 radical (unpaired) electrons. The number of alkyl halides is 1. The number of benzene rings is 1. The van der Waals surface area contributed by atoms with Crippen molar-refractivity contribution in [2.75, 3.05) is 48.1 Å². The lowest BCUT2D eigenvalue weighted by molar-refractivity contribution is -0.302. The van der Waals surface area contributed by atoms with Crippen molar-refractivity contribution in [3.63, 3.8) is 0 Å². The highest BCUT2D eigenvalue weighted by Gasteiger charge is 2.55. The Kier molecular flexibility index (Phi) is 21.7. The Morgan fingerprint density at radius 3 is 2.24 bits per heavy atom. The number of aliphatic hydroxyl groups excluding tert-OH is 3. The number of ether oxygens (including phenoxy) is 6. The third-order valence-corrected chi connectivity index (χ3v) is 19.7. The number of rotatable bonds is 16. The number of carbonyl (C=O) groups excluding carboxylic acids is 1. The van der Waals surface area contributed by atoms with E-state index >= 15 is 0 Å². The first kappa shape index (κ1) is 62.6. The molecule has 1 aliphatic carbocycles. The lowest BCUT2D eigenvalue weighted by atomic mass is 9.68. The summed E-state index contributed by atoms with van der Waals surface area (Å²) in [6.07, 6.45) is -2.24. The smallest absolute Gasteiger partial charge is 0.309 e. The maximum Gasteiger partial charge on any atom is 0.309 e. The van der Waals surface area contributed by atoms with E-state index in [1.165, 1.54) is 25.8 Å². The van der Waals surface area contributed by atoms with Crippen LogP contribution in [0.2, 0.25) is 0 Å². The second kappa shape index (κ2) is 26.3. The summed E-state index contributed by atoms with van der Waals surface area (Å²) in [4.78, 5) is 19.4. The first-order chi connectivity index (χ1) is 35.7. The van der Waals surface area contributed by atoms with Crippen molar-refractivity contribution in [3.8, 4) is 0 Å². The Labute approximate surface area is 454 Å². The van der Waals surface area contributed by atoms with Gasteiger partial charge in [0.05, 0.1) is 58.0 Å². The minimum absolute atomic E-state index is 0.162. The summed E-state index contributed by atoms with van der Waals surface area (Å²) in [7, 11) is 5.69. The van der Waals surface area contributed by atoms with Gasteiger partial charge in [-0.2, -0.15) is 0 Å². The summed E-state index contributed by atoms with van der Waals surface area (Å²) in [5.41, 5.74) is -3.19. The van der Waals surface area contributed by atoms with Gasteiger partial charge in [0.25, 0.3) is 0 Å². The van der Waals surface area contributed by atoms with Crippen LogP contribution < -0.4 is 0 Å². The van der Waals surface area contributed by atoms with Crippen LogP contribution in [0.4, 0.5) is 4.39 Å². The third kappa shape index (κ3) is 13.9. The minimum atomic E-state index is -1.83. The van der Waals surface area contributed by atoms with E-state index in [-0.39, 0.29) is 30.4 Å². The second-order valence-electron chi connectivity index (χ2n) is 23.9. The molecule has 1 saturated carbocycles. The molecule has 5 N–H and O–H groups in total. The number of methoxy groups -OCH3 is 2. The molecule has 4 fully saturated rings. The fourth-order valence-electron chi connectivity index (χ4n) is 13.1. The Bertz CT molecular complexity index is 2170. The van der Waals surface area contributed by atoms with Gasteiger partial charge in [-0.3, -0.25) is 9.00 Å². The van der Waals surface area contributed by atoms with Gasteiger partial charge in [-0.05, 0) is 117 Å². The van der Waals surface area contributed by atoms with Gasteiger partial charge < -0.3 is 63.8 Å². The van der Waals surface area contributed by atoms with Crippen LogP contribution in [-0.2, 0) is 50.4 Å². The summed E-state index contributed by atoms with van der Waals surface area (Å²) in [5, 5.41) is 69.2. The zero-order chi connectivity index (χ0) is 56.2. The van der Waals surface area contributed by atoms with Crippen LogP contribution in [0.5, 0.6) is 0 Å². The van der Waals surface area contributed by atoms with Crippen LogP contribution in [0.3, 0.4) is 0 Å². The number of halogens is 1. The molecule has 4 aliphatic rings. The average molecular weight is 1100 g/mol. The maximum atomic E-state index is 15.0. The molecule has 0 spiro atoms. The van der Waals surface area contributed by atoms with Gasteiger partial charge in [0.2, 0.25) is 0 Å². The SMILES string of the molecule is CC[C@H]1OC(=O)[C@H](C)C([C@H]2C[C@@](C)(OC)[C@@H](O)[C@H](C)O2)[C@H](C)[C@@H](O[C@@H]2O[C@H](C)C[C@H](N(C)CCc3cn([C@H](CF)[C@H](OC)c4ccc(S(=O)C5CCCC5)cc4)nn3)[C@H]2O)[C@](C)(O)C[C@@H](C)CN(C)[C@H](C)[C@@H](O)[C@]1(C)O. The largest absolute Gasteiger partial charge is 0.459 e. The number of hydrogen-bond acceptors (Lipinski definition) is 17. The maximum absolute atomic E-state index is 15.0. The third-order valence-electron chi connectivity index (χ3n) is 17.9. The van der Waals surface area contributed by atoms with E-state index in [0.29, 0.717) is 31.6 Å². The van der Waals surface area contributed by atoms with Crippen molar-refractivity contribution >= 4 is 16.8 Å².